The van der Waals surface area contributed by atoms with Gasteiger partial charge in [-0.1, -0.05) is 34.1 Å². The molecule has 1 aromatic carbocycles. The SMILES string of the molecule is CN1CC1c1ccccc1Br. The van der Waals surface area contributed by atoms with E-state index < -0.39 is 0 Å². The van der Waals surface area contributed by atoms with Gasteiger partial charge in [-0.05, 0) is 18.7 Å². The first-order valence-corrected chi connectivity index (χ1v) is 4.53. The normalized spacial score (nSPS) is 28.5. The van der Waals surface area contributed by atoms with Crippen molar-refractivity contribution >= 4 is 15.9 Å². The number of nitrogens with zero attached hydrogens (tertiary/aromatic N) is 1. The minimum absolute atomic E-state index is 0.658. The third-order valence-corrected chi connectivity index (χ3v) is 2.85. The Bertz CT molecular complexity index is 272. The number of hydrogen-bond donors (Lipinski definition) is 0. The quantitative estimate of drug-likeness (QED) is 0.646. The fourth-order valence-corrected chi connectivity index (χ4v) is 1.86. The second-order valence-corrected chi connectivity index (χ2v) is 3.83. The van der Waals surface area contributed by atoms with Gasteiger partial charge in [0.1, 0.15) is 0 Å². The minimum atomic E-state index is 0.658. The summed E-state index contributed by atoms with van der Waals surface area (Å²) in [6.45, 7) is 1.20. The Morgan fingerprint density at radius 2 is 2.09 bits per heavy atom. The Hall–Kier alpha value is -0.340. The number of halogens is 1. The largest absolute Gasteiger partial charge is 0.296 e. The third-order valence-electron chi connectivity index (χ3n) is 2.12. The Balaban J connectivity index is 2.31. The molecule has 2 atom stereocenters. The lowest BCUT2D eigenvalue weighted by Crippen LogP contribution is -1.88. The summed E-state index contributed by atoms with van der Waals surface area (Å²) in [5.41, 5.74) is 1.41. The average Bonchev–Trinajstić information content (AvgIpc) is 2.68. The van der Waals surface area contributed by atoms with Gasteiger partial charge >= 0.3 is 0 Å². The fraction of sp³-hybridized carbons (Fsp3) is 0.333. The number of likely N-dealkylation sites (N-methyl/N-ethyl adjacent to an activating group) is 1. The summed E-state index contributed by atoms with van der Waals surface area (Å²) in [6.07, 6.45) is 0. The topological polar surface area (TPSA) is 3.01 Å². The number of hydrogen-bond acceptors (Lipinski definition) is 1. The molecule has 0 spiro atoms. The Morgan fingerprint density at radius 3 is 2.64 bits per heavy atom. The highest BCUT2D eigenvalue weighted by Crippen LogP contribution is 2.36. The molecule has 1 aliphatic rings. The van der Waals surface area contributed by atoms with E-state index in [-0.39, 0.29) is 0 Å². The van der Waals surface area contributed by atoms with E-state index in [4.69, 9.17) is 0 Å². The van der Waals surface area contributed by atoms with E-state index >= 15 is 0 Å². The molecule has 0 aliphatic carbocycles. The van der Waals surface area contributed by atoms with Gasteiger partial charge in [0.2, 0.25) is 0 Å². The molecule has 1 aliphatic heterocycles. The average molecular weight is 212 g/mol. The van der Waals surface area contributed by atoms with Crippen molar-refractivity contribution in [3.05, 3.63) is 34.3 Å². The van der Waals surface area contributed by atoms with Crippen LogP contribution < -0.4 is 0 Å². The van der Waals surface area contributed by atoms with E-state index in [1.54, 1.807) is 0 Å². The van der Waals surface area contributed by atoms with Crippen molar-refractivity contribution in [1.29, 1.82) is 0 Å². The Labute approximate surface area is 75.1 Å². The van der Waals surface area contributed by atoms with Crippen molar-refractivity contribution in [3.63, 3.8) is 0 Å². The molecule has 2 unspecified atom stereocenters. The summed E-state index contributed by atoms with van der Waals surface area (Å²) >= 11 is 3.54. The summed E-state index contributed by atoms with van der Waals surface area (Å²) < 4.78 is 1.23. The molecule has 0 saturated carbocycles. The molecule has 1 nitrogen and oxygen atoms in total. The zero-order valence-corrected chi connectivity index (χ0v) is 8.01. The smallest absolute Gasteiger partial charge is 0.0484 e. The predicted molar refractivity (Wildman–Crippen MR) is 49.5 cm³/mol. The fourth-order valence-electron chi connectivity index (χ4n) is 1.31. The molecule has 58 valence electrons. The minimum Gasteiger partial charge on any atom is -0.296 e. The molecule has 0 aromatic heterocycles. The van der Waals surface area contributed by atoms with Crippen LogP contribution >= 0.6 is 15.9 Å². The van der Waals surface area contributed by atoms with Crippen LogP contribution in [0.3, 0.4) is 0 Å². The Kier molecular flexibility index (Phi) is 1.74. The molecule has 1 fully saturated rings. The second kappa shape index (κ2) is 2.61. The third kappa shape index (κ3) is 1.33. The lowest BCUT2D eigenvalue weighted by Gasteiger charge is -2.00. The summed E-state index contributed by atoms with van der Waals surface area (Å²) in [5, 5.41) is 0. The molecule has 0 bridgehead atoms. The maximum Gasteiger partial charge on any atom is 0.0484 e. The summed E-state index contributed by atoms with van der Waals surface area (Å²) in [6, 6.07) is 9.08. The molecular weight excluding hydrogens is 202 g/mol. The van der Waals surface area contributed by atoms with E-state index in [2.05, 4.69) is 52.1 Å². The zero-order valence-electron chi connectivity index (χ0n) is 6.42. The van der Waals surface area contributed by atoms with Gasteiger partial charge in [0.25, 0.3) is 0 Å². The first kappa shape index (κ1) is 7.32. The van der Waals surface area contributed by atoms with Gasteiger partial charge < -0.3 is 0 Å². The summed E-state index contributed by atoms with van der Waals surface area (Å²) in [7, 11) is 2.14. The van der Waals surface area contributed by atoms with E-state index in [1.807, 2.05) is 0 Å². The number of rotatable bonds is 1. The lowest BCUT2D eigenvalue weighted by atomic mass is 10.2. The van der Waals surface area contributed by atoms with Crippen molar-refractivity contribution in [2.24, 2.45) is 0 Å². The molecule has 0 amide bonds. The van der Waals surface area contributed by atoms with Gasteiger partial charge in [0.15, 0.2) is 0 Å². The van der Waals surface area contributed by atoms with Gasteiger partial charge in [-0.3, -0.25) is 4.90 Å². The molecule has 0 N–H and O–H groups in total. The maximum atomic E-state index is 3.54. The van der Waals surface area contributed by atoms with Crippen LogP contribution in [0.2, 0.25) is 0 Å². The Morgan fingerprint density at radius 1 is 1.45 bits per heavy atom. The van der Waals surface area contributed by atoms with Crippen LogP contribution in [0.15, 0.2) is 28.7 Å². The van der Waals surface area contributed by atoms with Gasteiger partial charge in [0, 0.05) is 17.1 Å². The first-order valence-electron chi connectivity index (χ1n) is 3.73. The first-order chi connectivity index (χ1) is 5.29. The van der Waals surface area contributed by atoms with Gasteiger partial charge in [0.05, 0.1) is 0 Å². The molecule has 1 heterocycles. The maximum absolute atomic E-state index is 3.54. The standard InChI is InChI=1S/C9H10BrN/c1-11-6-9(11)7-4-2-3-5-8(7)10/h2-5,9H,6H2,1H3. The van der Waals surface area contributed by atoms with Crippen LogP contribution in [0, 0.1) is 0 Å². The van der Waals surface area contributed by atoms with Crippen molar-refractivity contribution in [1.82, 2.24) is 4.90 Å². The number of benzene rings is 1. The van der Waals surface area contributed by atoms with Gasteiger partial charge in [-0.15, -0.1) is 0 Å². The predicted octanol–water partition coefficient (Wildman–Crippen LogP) is 2.44. The molecular formula is C9H10BrN. The van der Waals surface area contributed by atoms with Crippen LogP contribution in [0.5, 0.6) is 0 Å². The molecule has 1 saturated heterocycles. The highest BCUT2D eigenvalue weighted by molar-refractivity contribution is 9.10. The van der Waals surface area contributed by atoms with E-state index in [0.29, 0.717) is 6.04 Å². The van der Waals surface area contributed by atoms with Gasteiger partial charge in [-0.25, -0.2) is 0 Å². The van der Waals surface area contributed by atoms with Gasteiger partial charge in [-0.2, -0.15) is 0 Å². The van der Waals surface area contributed by atoms with Crippen LogP contribution in [0.4, 0.5) is 0 Å². The molecule has 2 rings (SSSR count). The molecule has 1 aromatic rings. The van der Waals surface area contributed by atoms with Crippen molar-refractivity contribution < 1.29 is 0 Å². The highest BCUT2D eigenvalue weighted by Gasteiger charge is 2.32. The van der Waals surface area contributed by atoms with Crippen molar-refractivity contribution in [2.45, 2.75) is 6.04 Å². The molecule has 0 radical (unpaired) electrons. The van der Waals surface area contributed by atoms with Crippen LogP contribution in [0.1, 0.15) is 11.6 Å². The highest BCUT2D eigenvalue weighted by atomic mass is 79.9. The van der Waals surface area contributed by atoms with Crippen LogP contribution in [-0.4, -0.2) is 18.5 Å². The monoisotopic (exact) mass is 211 g/mol. The van der Waals surface area contributed by atoms with Crippen LogP contribution in [0.25, 0.3) is 0 Å². The van der Waals surface area contributed by atoms with E-state index in [1.165, 1.54) is 16.6 Å². The van der Waals surface area contributed by atoms with E-state index in [0.717, 1.165) is 0 Å². The zero-order chi connectivity index (χ0) is 7.84. The molecule has 2 heteroatoms. The van der Waals surface area contributed by atoms with Crippen molar-refractivity contribution in [3.8, 4) is 0 Å². The van der Waals surface area contributed by atoms with E-state index in [9.17, 15) is 0 Å². The second-order valence-electron chi connectivity index (χ2n) is 2.98. The molecule has 11 heavy (non-hydrogen) atoms. The summed E-state index contributed by atoms with van der Waals surface area (Å²) in [5.74, 6) is 0. The van der Waals surface area contributed by atoms with Crippen LogP contribution in [-0.2, 0) is 0 Å². The lowest BCUT2D eigenvalue weighted by molar-refractivity contribution is 0.630. The van der Waals surface area contributed by atoms with Crippen molar-refractivity contribution in [2.75, 3.05) is 13.6 Å². The summed E-state index contributed by atoms with van der Waals surface area (Å²) in [4.78, 5) is 2.32.